The summed E-state index contributed by atoms with van der Waals surface area (Å²) in [6, 6.07) is 5.02. The van der Waals surface area contributed by atoms with Gasteiger partial charge in [0.15, 0.2) is 0 Å². The summed E-state index contributed by atoms with van der Waals surface area (Å²) in [5, 5.41) is 4.17. The van der Waals surface area contributed by atoms with Gasteiger partial charge in [0.2, 0.25) is 0 Å². The van der Waals surface area contributed by atoms with Crippen LogP contribution in [0, 0.1) is 5.92 Å². The van der Waals surface area contributed by atoms with Crippen molar-refractivity contribution in [3.05, 3.63) is 33.8 Å². The molecular weight excluding hydrogens is 283 g/mol. The molecule has 0 saturated carbocycles. The lowest BCUT2D eigenvalue weighted by atomic mass is 9.96. The molecule has 104 valence electrons. The van der Waals surface area contributed by atoms with Crippen molar-refractivity contribution in [2.45, 2.75) is 12.8 Å². The molecule has 1 aromatic carbocycles. The smallest absolute Gasteiger partial charge is 0.255 e. The Bertz CT molecular complexity index is 457. The van der Waals surface area contributed by atoms with E-state index in [1.54, 1.807) is 18.2 Å². The van der Waals surface area contributed by atoms with Crippen LogP contribution in [0.1, 0.15) is 23.2 Å². The number of nitrogens with zero attached hydrogens (tertiary/aromatic N) is 1. The van der Waals surface area contributed by atoms with Crippen LogP contribution >= 0.6 is 23.2 Å². The zero-order valence-corrected chi connectivity index (χ0v) is 12.5. The highest BCUT2D eigenvalue weighted by Crippen LogP contribution is 2.24. The van der Waals surface area contributed by atoms with E-state index in [0.717, 1.165) is 32.5 Å². The second-order valence-corrected chi connectivity index (χ2v) is 5.76. The lowest BCUT2D eigenvalue weighted by molar-refractivity contribution is 0.0691. The van der Waals surface area contributed by atoms with Gasteiger partial charge < -0.3 is 10.2 Å². The van der Waals surface area contributed by atoms with Gasteiger partial charge in [-0.05, 0) is 50.6 Å². The van der Waals surface area contributed by atoms with Crippen LogP contribution in [0.15, 0.2) is 18.2 Å². The van der Waals surface area contributed by atoms with Gasteiger partial charge >= 0.3 is 0 Å². The van der Waals surface area contributed by atoms with Crippen LogP contribution in [0.3, 0.4) is 0 Å². The first-order valence-electron chi connectivity index (χ1n) is 6.50. The third kappa shape index (κ3) is 3.62. The Morgan fingerprint density at radius 3 is 2.63 bits per heavy atom. The number of halogens is 2. The summed E-state index contributed by atoms with van der Waals surface area (Å²) in [5.41, 5.74) is 0.540. The SMILES string of the molecule is CNCC1CCN(C(=O)c2ccc(Cl)cc2Cl)CC1. The molecule has 0 aromatic heterocycles. The van der Waals surface area contributed by atoms with Crippen LogP contribution in [0.5, 0.6) is 0 Å². The van der Waals surface area contributed by atoms with Crippen molar-refractivity contribution in [3.63, 3.8) is 0 Å². The zero-order valence-electron chi connectivity index (χ0n) is 11.0. The van der Waals surface area contributed by atoms with Crippen molar-refractivity contribution in [2.75, 3.05) is 26.7 Å². The van der Waals surface area contributed by atoms with E-state index >= 15 is 0 Å². The molecule has 1 aliphatic heterocycles. The number of carbonyl (C=O) groups is 1. The van der Waals surface area contributed by atoms with Crippen molar-refractivity contribution in [3.8, 4) is 0 Å². The van der Waals surface area contributed by atoms with Crippen LogP contribution in [0.25, 0.3) is 0 Å². The Morgan fingerprint density at radius 1 is 1.37 bits per heavy atom. The number of piperidine rings is 1. The molecule has 1 fully saturated rings. The number of amides is 1. The molecule has 0 aliphatic carbocycles. The topological polar surface area (TPSA) is 32.3 Å². The van der Waals surface area contributed by atoms with Crippen molar-refractivity contribution in [1.29, 1.82) is 0 Å². The predicted molar refractivity (Wildman–Crippen MR) is 79.0 cm³/mol. The molecule has 0 spiro atoms. The summed E-state index contributed by atoms with van der Waals surface area (Å²) in [5.74, 6) is 0.666. The number of carbonyl (C=O) groups excluding carboxylic acids is 1. The van der Waals surface area contributed by atoms with E-state index < -0.39 is 0 Å². The molecule has 0 radical (unpaired) electrons. The number of hydrogen-bond acceptors (Lipinski definition) is 2. The van der Waals surface area contributed by atoms with Crippen LogP contribution in [0.4, 0.5) is 0 Å². The molecule has 2 rings (SSSR count). The molecule has 1 N–H and O–H groups in total. The maximum Gasteiger partial charge on any atom is 0.255 e. The summed E-state index contributed by atoms with van der Waals surface area (Å²) < 4.78 is 0. The van der Waals surface area contributed by atoms with E-state index in [2.05, 4.69) is 5.32 Å². The van der Waals surface area contributed by atoms with E-state index in [9.17, 15) is 4.79 Å². The van der Waals surface area contributed by atoms with Crippen molar-refractivity contribution >= 4 is 29.1 Å². The average Bonchev–Trinajstić information content (AvgIpc) is 2.39. The molecule has 1 aromatic rings. The second kappa shape index (κ2) is 6.60. The van der Waals surface area contributed by atoms with Gasteiger partial charge in [-0.15, -0.1) is 0 Å². The Labute approximate surface area is 123 Å². The number of nitrogens with one attached hydrogen (secondary N) is 1. The van der Waals surface area contributed by atoms with Gasteiger partial charge in [0.1, 0.15) is 0 Å². The third-order valence-electron chi connectivity index (χ3n) is 3.56. The quantitative estimate of drug-likeness (QED) is 0.930. The van der Waals surface area contributed by atoms with Crippen LogP contribution in [0.2, 0.25) is 10.0 Å². The number of hydrogen-bond donors (Lipinski definition) is 1. The number of rotatable bonds is 3. The molecule has 0 atom stereocenters. The summed E-state index contributed by atoms with van der Waals surface area (Å²) in [6.07, 6.45) is 2.08. The van der Waals surface area contributed by atoms with Crippen molar-refractivity contribution in [2.24, 2.45) is 5.92 Å². The monoisotopic (exact) mass is 300 g/mol. The number of likely N-dealkylation sites (tertiary alicyclic amines) is 1. The Kier molecular flexibility index (Phi) is 5.08. The molecular formula is C14H18Cl2N2O. The van der Waals surface area contributed by atoms with E-state index in [4.69, 9.17) is 23.2 Å². The molecule has 1 heterocycles. The molecule has 3 nitrogen and oxygen atoms in total. The molecule has 1 amide bonds. The van der Waals surface area contributed by atoms with Crippen molar-refractivity contribution in [1.82, 2.24) is 10.2 Å². The number of benzene rings is 1. The maximum atomic E-state index is 12.4. The highest BCUT2D eigenvalue weighted by molar-refractivity contribution is 6.36. The van der Waals surface area contributed by atoms with E-state index in [1.807, 2.05) is 11.9 Å². The van der Waals surface area contributed by atoms with Gasteiger partial charge in [-0.25, -0.2) is 0 Å². The van der Waals surface area contributed by atoms with Gasteiger partial charge in [0.25, 0.3) is 5.91 Å². The van der Waals surface area contributed by atoms with Gasteiger partial charge in [0, 0.05) is 18.1 Å². The second-order valence-electron chi connectivity index (χ2n) is 4.92. The largest absolute Gasteiger partial charge is 0.339 e. The van der Waals surface area contributed by atoms with Gasteiger partial charge in [-0.2, -0.15) is 0 Å². The first kappa shape index (κ1) is 14.6. The Balaban J connectivity index is 2.01. The lowest BCUT2D eigenvalue weighted by Gasteiger charge is -2.32. The minimum Gasteiger partial charge on any atom is -0.339 e. The first-order chi connectivity index (χ1) is 9.11. The van der Waals surface area contributed by atoms with Gasteiger partial charge in [0.05, 0.1) is 10.6 Å². The highest BCUT2D eigenvalue weighted by atomic mass is 35.5. The predicted octanol–water partition coefficient (Wildman–Crippen LogP) is 3.07. The zero-order chi connectivity index (χ0) is 13.8. The summed E-state index contributed by atoms with van der Waals surface area (Å²) in [4.78, 5) is 14.3. The average molecular weight is 301 g/mol. The van der Waals surface area contributed by atoms with E-state index in [-0.39, 0.29) is 5.91 Å². The van der Waals surface area contributed by atoms with E-state index in [0.29, 0.717) is 21.5 Å². The maximum absolute atomic E-state index is 12.4. The summed E-state index contributed by atoms with van der Waals surface area (Å²) in [7, 11) is 1.96. The van der Waals surface area contributed by atoms with Gasteiger partial charge in [-0.1, -0.05) is 23.2 Å². The third-order valence-corrected chi connectivity index (χ3v) is 4.10. The normalized spacial score (nSPS) is 16.7. The fraction of sp³-hybridized carbons (Fsp3) is 0.500. The first-order valence-corrected chi connectivity index (χ1v) is 7.26. The fourth-order valence-electron chi connectivity index (χ4n) is 2.46. The fourth-order valence-corrected chi connectivity index (χ4v) is 2.95. The van der Waals surface area contributed by atoms with Crippen LogP contribution < -0.4 is 5.32 Å². The standard InChI is InChI=1S/C14H18Cl2N2O/c1-17-9-10-4-6-18(7-5-10)14(19)12-3-2-11(15)8-13(12)16/h2-3,8,10,17H,4-7,9H2,1H3. The molecule has 1 saturated heterocycles. The Morgan fingerprint density at radius 2 is 2.05 bits per heavy atom. The minimum atomic E-state index is 0.00424. The van der Waals surface area contributed by atoms with E-state index in [1.165, 1.54) is 0 Å². The summed E-state index contributed by atoms with van der Waals surface area (Å²) >= 11 is 11.9. The van der Waals surface area contributed by atoms with Crippen molar-refractivity contribution < 1.29 is 4.79 Å². The molecule has 19 heavy (non-hydrogen) atoms. The molecule has 5 heteroatoms. The van der Waals surface area contributed by atoms with Gasteiger partial charge in [-0.3, -0.25) is 4.79 Å². The van der Waals surface area contributed by atoms with Crippen LogP contribution in [-0.2, 0) is 0 Å². The highest BCUT2D eigenvalue weighted by Gasteiger charge is 2.24. The Hall–Kier alpha value is -0.770. The minimum absolute atomic E-state index is 0.00424. The lowest BCUT2D eigenvalue weighted by Crippen LogP contribution is -2.40. The summed E-state index contributed by atoms with van der Waals surface area (Å²) in [6.45, 7) is 2.61. The molecule has 0 bridgehead atoms. The van der Waals surface area contributed by atoms with Crippen LogP contribution in [-0.4, -0.2) is 37.5 Å². The molecule has 0 unspecified atom stereocenters. The molecule has 1 aliphatic rings.